The second-order valence-electron chi connectivity index (χ2n) is 11.1. The van der Waals surface area contributed by atoms with E-state index in [9.17, 15) is 14.4 Å². The molecule has 3 atom stereocenters. The molecule has 0 spiro atoms. The Kier molecular flexibility index (Phi) is 11.1. The molecule has 0 radical (unpaired) electrons. The summed E-state index contributed by atoms with van der Waals surface area (Å²) in [5.41, 5.74) is 2.11. The minimum Gasteiger partial charge on any atom is -0.444 e. The summed E-state index contributed by atoms with van der Waals surface area (Å²) >= 11 is 4.36. The van der Waals surface area contributed by atoms with Crippen LogP contribution in [0.2, 0.25) is 0 Å². The van der Waals surface area contributed by atoms with E-state index in [1.165, 1.54) is 6.42 Å². The van der Waals surface area contributed by atoms with Crippen molar-refractivity contribution in [1.82, 2.24) is 15.5 Å². The summed E-state index contributed by atoms with van der Waals surface area (Å²) in [5, 5.41) is 5.91. The van der Waals surface area contributed by atoms with Crippen molar-refractivity contribution in [2.24, 2.45) is 0 Å². The number of rotatable bonds is 9. The van der Waals surface area contributed by atoms with Crippen LogP contribution in [0.3, 0.4) is 0 Å². The Balaban J connectivity index is 2.47. The van der Waals surface area contributed by atoms with E-state index in [0.717, 1.165) is 42.4 Å². The van der Waals surface area contributed by atoms with Gasteiger partial charge in [0.05, 0.1) is 0 Å². The summed E-state index contributed by atoms with van der Waals surface area (Å²) in [7, 11) is 0. The predicted octanol–water partition coefficient (Wildman–Crippen LogP) is 5.24. The molecule has 0 bridgehead atoms. The molecule has 1 aliphatic carbocycles. The fourth-order valence-corrected chi connectivity index (χ4v) is 4.99. The summed E-state index contributed by atoms with van der Waals surface area (Å²) in [6.45, 7) is 13.2. The molecule has 1 saturated carbocycles. The van der Waals surface area contributed by atoms with Crippen molar-refractivity contribution in [3.63, 3.8) is 0 Å². The van der Waals surface area contributed by atoms with E-state index in [0.29, 0.717) is 6.42 Å². The Hall–Kier alpha value is -2.22. The maximum Gasteiger partial charge on any atom is 0.408 e. The van der Waals surface area contributed by atoms with Gasteiger partial charge in [-0.3, -0.25) is 9.59 Å². The molecule has 2 rings (SSSR count). The number of aryl methyl sites for hydroxylation is 2. The number of hydrogen-bond donors (Lipinski definition) is 3. The summed E-state index contributed by atoms with van der Waals surface area (Å²) in [6, 6.07) is 4.09. The fourth-order valence-electron chi connectivity index (χ4n) is 4.74. The number of nitrogens with zero attached hydrogens (tertiary/aromatic N) is 1. The van der Waals surface area contributed by atoms with Gasteiger partial charge in [0.1, 0.15) is 17.7 Å². The smallest absolute Gasteiger partial charge is 0.408 e. The molecule has 0 saturated heterocycles. The van der Waals surface area contributed by atoms with Gasteiger partial charge in [-0.1, -0.05) is 55.5 Å². The van der Waals surface area contributed by atoms with Crippen LogP contribution < -0.4 is 10.6 Å². The van der Waals surface area contributed by atoms with E-state index >= 15 is 0 Å². The van der Waals surface area contributed by atoms with Gasteiger partial charge >= 0.3 is 6.09 Å². The highest BCUT2D eigenvalue weighted by molar-refractivity contribution is 7.80. The number of carbonyl (C=O) groups is 3. The van der Waals surface area contributed by atoms with Gasteiger partial charge in [-0.05, 0) is 66.4 Å². The molecule has 8 heteroatoms. The predicted molar refractivity (Wildman–Crippen MR) is 147 cm³/mol. The van der Waals surface area contributed by atoms with Gasteiger partial charge < -0.3 is 20.3 Å². The van der Waals surface area contributed by atoms with Crippen molar-refractivity contribution < 1.29 is 19.1 Å². The molecular weight excluding hydrogens is 474 g/mol. The summed E-state index contributed by atoms with van der Waals surface area (Å²) in [6.07, 6.45) is 5.22. The number of benzene rings is 1. The molecule has 0 heterocycles. The monoisotopic (exact) mass is 519 g/mol. The first-order chi connectivity index (χ1) is 16.9. The molecule has 3 unspecified atom stereocenters. The zero-order chi connectivity index (χ0) is 27.0. The van der Waals surface area contributed by atoms with E-state index in [4.69, 9.17) is 4.74 Å². The number of hydrogen-bond acceptors (Lipinski definition) is 5. The van der Waals surface area contributed by atoms with Crippen LogP contribution in [0.1, 0.15) is 95.9 Å². The van der Waals surface area contributed by atoms with Gasteiger partial charge in [0, 0.05) is 17.8 Å². The SMILES string of the molecule is CCC(C)N(C(=O)C(CS)NC(=O)OC(C)(C)C)C(C(=O)NC1CCCCC1)c1cc(C)cc(C)c1. The maximum atomic E-state index is 14.0. The van der Waals surface area contributed by atoms with Gasteiger partial charge in [-0.15, -0.1) is 0 Å². The standard InChI is InChI=1S/C28H45N3O4S/c1-8-20(4)31(26(33)23(17-36)30-27(34)35-28(5,6)7)24(21-15-18(2)14-19(3)16-21)25(32)29-22-12-10-9-11-13-22/h14-16,20,22-24,36H,8-13,17H2,1-7H3,(H,29,32)(H,30,34). The van der Waals surface area contributed by atoms with E-state index in [1.54, 1.807) is 25.7 Å². The van der Waals surface area contributed by atoms with Gasteiger partial charge in [0.15, 0.2) is 0 Å². The zero-order valence-electron chi connectivity index (χ0n) is 23.0. The largest absolute Gasteiger partial charge is 0.444 e. The van der Waals surface area contributed by atoms with Crippen LogP contribution in [0.5, 0.6) is 0 Å². The van der Waals surface area contributed by atoms with Crippen LogP contribution in [-0.2, 0) is 14.3 Å². The average molecular weight is 520 g/mol. The molecular formula is C28H45N3O4S. The second kappa shape index (κ2) is 13.4. The zero-order valence-corrected chi connectivity index (χ0v) is 23.9. The van der Waals surface area contributed by atoms with Crippen molar-refractivity contribution in [3.8, 4) is 0 Å². The fraction of sp³-hybridized carbons (Fsp3) is 0.679. The molecule has 2 N–H and O–H groups in total. The molecule has 1 aromatic rings. The third-order valence-corrected chi connectivity index (χ3v) is 6.89. The van der Waals surface area contributed by atoms with Crippen molar-refractivity contribution in [3.05, 3.63) is 34.9 Å². The Morgan fingerprint density at radius 1 is 1.08 bits per heavy atom. The van der Waals surface area contributed by atoms with Gasteiger partial charge in [-0.25, -0.2) is 4.79 Å². The third-order valence-electron chi connectivity index (χ3n) is 6.53. The number of carbonyl (C=O) groups excluding carboxylic acids is 3. The van der Waals surface area contributed by atoms with Crippen LogP contribution in [-0.4, -0.2) is 52.3 Å². The first-order valence-corrected chi connectivity index (χ1v) is 13.8. The summed E-state index contributed by atoms with van der Waals surface area (Å²) in [5.74, 6) is -0.460. The van der Waals surface area contributed by atoms with Crippen LogP contribution >= 0.6 is 12.6 Å². The summed E-state index contributed by atoms with van der Waals surface area (Å²) < 4.78 is 5.38. The highest BCUT2D eigenvalue weighted by Gasteiger charge is 2.39. The van der Waals surface area contributed by atoms with E-state index in [1.807, 2.05) is 39.8 Å². The van der Waals surface area contributed by atoms with Crippen molar-refractivity contribution in [2.75, 3.05) is 5.75 Å². The molecule has 0 aromatic heterocycles. The summed E-state index contributed by atoms with van der Waals surface area (Å²) in [4.78, 5) is 42.0. The molecule has 1 fully saturated rings. The lowest BCUT2D eigenvalue weighted by Gasteiger charge is -2.39. The van der Waals surface area contributed by atoms with Crippen molar-refractivity contribution >= 4 is 30.5 Å². The first kappa shape index (κ1) is 30.0. The van der Waals surface area contributed by atoms with Gasteiger partial charge in [0.25, 0.3) is 0 Å². The Labute approximate surface area is 222 Å². The number of amides is 3. The number of nitrogens with one attached hydrogen (secondary N) is 2. The van der Waals surface area contributed by atoms with Gasteiger partial charge in [-0.2, -0.15) is 12.6 Å². The Bertz CT molecular complexity index is 888. The lowest BCUT2D eigenvalue weighted by molar-refractivity contribution is -0.145. The Morgan fingerprint density at radius 3 is 2.17 bits per heavy atom. The molecule has 1 aromatic carbocycles. The van der Waals surface area contributed by atoms with Gasteiger partial charge in [0.2, 0.25) is 11.8 Å². The minimum atomic E-state index is -0.937. The molecule has 0 aliphatic heterocycles. The topological polar surface area (TPSA) is 87.7 Å². The molecule has 202 valence electrons. The van der Waals surface area contributed by atoms with Crippen LogP contribution in [0, 0.1) is 13.8 Å². The minimum absolute atomic E-state index is 0.0782. The number of alkyl carbamates (subject to hydrolysis) is 1. The highest BCUT2D eigenvalue weighted by atomic mass is 32.1. The molecule has 1 aliphatic rings. The van der Waals surface area contributed by atoms with Crippen LogP contribution in [0.15, 0.2) is 18.2 Å². The average Bonchev–Trinajstić information content (AvgIpc) is 2.78. The second-order valence-corrected chi connectivity index (χ2v) is 11.4. The molecule has 36 heavy (non-hydrogen) atoms. The molecule has 3 amide bonds. The normalized spacial score (nSPS) is 17.0. The van der Waals surface area contributed by atoms with Crippen molar-refractivity contribution in [1.29, 1.82) is 0 Å². The van der Waals surface area contributed by atoms with Crippen LogP contribution in [0.4, 0.5) is 4.79 Å². The quantitative estimate of drug-likeness (QED) is 0.389. The lowest BCUT2D eigenvalue weighted by Crippen LogP contribution is -2.56. The number of ether oxygens (including phenoxy) is 1. The van der Waals surface area contributed by atoms with E-state index < -0.39 is 23.8 Å². The highest BCUT2D eigenvalue weighted by Crippen LogP contribution is 2.29. The number of thiol groups is 1. The van der Waals surface area contributed by atoms with E-state index in [-0.39, 0.29) is 29.7 Å². The molecule has 7 nitrogen and oxygen atoms in total. The first-order valence-electron chi connectivity index (χ1n) is 13.2. The Morgan fingerprint density at radius 2 is 1.67 bits per heavy atom. The van der Waals surface area contributed by atoms with Crippen LogP contribution in [0.25, 0.3) is 0 Å². The maximum absolute atomic E-state index is 14.0. The van der Waals surface area contributed by atoms with Crippen molar-refractivity contribution in [2.45, 2.75) is 117 Å². The lowest BCUT2D eigenvalue weighted by atomic mass is 9.93. The van der Waals surface area contributed by atoms with E-state index in [2.05, 4.69) is 29.3 Å². The third kappa shape index (κ3) is 8.71.